The largest absolute Gasteiger partial charge is 0.416 e. The number of nitrogens with zero attached hydrogens (tertiary/aromatic N) is 3. The highest BCUT2D eigenvalue weighted by Crippen LogP contribution is 2.30. The van der Waals surface area contributed by atoms with E-state index in [0.717, 1.165) is 18.3 Å². The van der Waals surface area contributed by atoms with E-state index in [1.165, 1.54) is 4.31 Å². The van der Waals surface area contributed by atoms with Crippen LogP contribution in [0.3, 0.4) is 0 Å². The Hall–Kier alpha value is -1.35. The van der Waals surface area contributed by atoms with Gasteiger partial charge in [-0.1, -0.05) is 0 Å². The molecular formula is C12H16F3N3O2S. The van der Waals surface area contributed by atoms with Crippen LogP contribution < -0.4 is 4.90 Å². The van der Waals surface area contributed by atoms with Crippen LogP contribution in [0.2, 0.25) is 0 Å². The average molecular weight is 323 g/mol. The number of pyridine rings is 1. The predicted octanol–water partition coefficient (Wildman–Crippen LogP) is 1.57. The molecule has 1 fully saturated rings. The molecular weight excluding hydrogens is 307 g/mol. The van der Waals surface area contributed by atoms with Crippen LogP contribution >= 0.6 is 0 Å². The molecule has 0 saturated carbocycles. The zero-order chi connectivity index (χ0) is 15.7. The van der Waals surface area contributed by atoms with Crippen LogP contribution in [0, 0.1) is 0 Å². The highest BCUT2D eigenvalue weighted by Gasteiger charge is 2.32. The molecule has 2 heterocycles. The molecule has 1 aromatic heterocycles. The van der Waals surface area contributed by atoms with E-state index >= 15 is 0 Å². The van der Waals surface area contributed by atoms with Gasteiger partial charge in [0.25, 0.3) is 0 Å². The molecule has 0 spiro atoms. The smallest absolute Gasteiger partial charge is 0.354 e. The standard InChI is InChI=1S/C12H16F3N3O2S/c1-2-21(19,20)18-7-5-17(6-8-18)11-9-10(3-4-16-11)12(13,14)15/h3-4,9H,2,5-8H2,1H3. The van der Waals surface area contributed by atoms with Crippen molar-refractivity contribution in [2.24, 2.45) is 0 Å². The molecule has 0 radical (unpaired) electrons. The summed E-state index contributed by atoms with van der Waals surface area (Å²) in [6.07, 6.45) is -3.29. The minimum atomic E-state index is -4.41. The summed E-state index contributed by atoms with van der Waals surface area (Å²) in [5.41, 5.74) is -0.754. The Balaban J connectivity index is 2.10. The van der Waals surface area contributed by atoms with E-state index in [0.29, 0.717) is 13.1 Å². The molecule has 0 amide bonds. The second-order valence-corrected chi connectivity index (χ2v) is 6.94. The molecule has 9 heteroatoms. The third kappa shape index (κ3) is 3.65. The quantitative estimate of drug-likeness (QED) is 0.847. The van der Waals surface area contributed by atoms with Gasteiger partial charge in [0.05, 0.1) is 11.3 Å². The summed E-state index contributed by atoms with van der Waals surface area (Å²) < 4.78 is 62.8. The van der Waals surface area contributed by atoms with Crippen molar-refractivity contribution in [2.75, 3.05) is 36.8 Å². The molecule has 5 nitrogen and oxygen atoms in total. The Bertz CT molecular complexity index is 596. The van der Waals surface area contributed by atoms with E-state index in [1.807, 2.05) is 0 Å². The Kier molecular flexibility index (Phi) is 4.43. The molecule has 2 rings (SSSR count). The maximum Gasteiger partial charge on any atom is 0.416 e. The van der Waals surface area contributed by atoms with Crippen molar-refractivity contribution in [3.63, 3.8) is 0 Å². The molecule has 0 atom stereocenters. The summed E-state index contributed by atoms with van der Waals surface area (Å²) in [6.45, 7) is 2.74. The van der Waals surface area contributed by atoms with E-state index in [4.69, 9.17) is 0 Å². The lowest BCUT2D eigenvalue weighted by Crippen LogP contribution is -2.49. The zero-order valence-corrected chi connectivity index (χ0v) is 12.3. The van der Waals surface area contributed by atoms with E-state index in [2.05, 4.69) is 4.98 Å². The predicted molar refractivity (Wildman–Crippen MR) is 72.5 cm³/mol. The van der Waals surface area contributed by atoms with Crippen molar-refractivity contribution < 1.29 is 21.6 Å². The average Bonchev–Trinajstić information content (AvgIpc) is 2.47. The first-order valence-corrected chi connectivity index (χ1v) is 8.11. The molecule has 118 valence electrons. The van der Waals surface area contributed by atoms with Crippen molar-refractivity contribution in [1.29, 1.82) is 0 Å². The van der Waals surface area contributed by atoms with E-state index in [1.54, 1.807) is 11.8 Å². The summed E-state index contributed by atoms with van der Waals surface area (Å²) >= 11 is 0. The SMILES string of the molecule is CCS(=O)(=O)N1CCN(c2cc(C(F)(F)F)ccn2)CC1. The van der Waals surface area contributed by atoms with Gasteiger partial charge in [0.15, 0.2) is 0 Å². The third-order valence-electron chi connectivity index (χ3n) is 3.39. The van der Waals surface area contributed by atoms with Gasteiger partial charge in [-0.05, 0) is 19.1 Å². The molecule has 0 aliphatic carbocycles. The summed E-state index contributed by atoms with van der Waals surface area (Å²) in [7, 11) is -3.25. The summed E-state index contributed by atoms with van der Waals surface area (Å²) in [4.78, 5) is 5.61. The molecule has 0 aromatic carbocycles. The number of rotatable bonds is 3. The van der Waals surface area contributed by atoms with Gasteiger partial charge in [0.2, 0.25) is 10.0 Å². The van der Waals surface area contributed by atoms with E-state index in [9.17, 15) is 21.6 Å². The van der Waals surface area contributed by atoms with Gasteiger partial charge in [-0.15, -0.1) is 0 Å². The number of anilines is 1. The number of piperazine rings is 1. The lowest BCUT2D eigenvalue weighted by Gasteiger charge is -2.34. The van der Waals surface area contributed by atoms with Crippen LogP contribution in [-0.2, 0) is 16.2 Å². The first-order chi connectivity index (χ1) is 9.74. The fourth-order valence-corrected chi connectivity index (χ4v) is 3.23. The fourth-order valence-electron chi connectivity index (χ4n) is 2.15. The number of aromatic nitrogens is 1. The number of sulfonamides is 1. The van der Waals surface area contributed by atoms with Crippen molar-refractivity contribution in [2.45, 2.75) is 13.1 Å². The Morgan fingerprint density at radius 2 is 1.86 bits per heavy atom. The number of hydrogen-bond donors (Lipinski definition) is 0. The van der Waals surface area contributed by atoms with Crippen LogP contribution in [0.4, 0.5) is 19.0 Å². The fraction of sp³-hybridized carbons (Fsp3) is 0.583. The number of halogens is 3. The minimum absolute atomic E-state index is 0.0226. The molecule has 1 aliphatic heterocycles. The van der Waals surface area contributed by atoms with Crippen LogP contribution in [-0.4, -0.2) is 49.6 Å². The second-order valence-electron chi connectivity index (χ2n) is 4.69. The highest BCUT2D eigenvalue weighted by atomic mass is 32.2. The highest BCUT2D eigenvalue weighted by molar-refractivity contribution is 7.89. The monoisotopic (exact) mass is 323 g/mol. The van der Waals surface area contributed by atoms with Crippen LogP contribution in [0.15, 0.2) is 18.3 Å². The van der Waals surface area contributed by atoms with Crippen molar-refractivity contribution in [3.8, 4) is 0 Å². The van der Waals surface area contributed by atoms with E-state index < -0.39 is 21.8 Å². The van der Waals surface area contributed by atoms with Gasteiger partial charge in [-0.2, -0.15) is 17.5 Å². The molecule has 0 bridgehead atoms. The van der Waals surface area contributed by atoms with Crippen LogP contribution in [0.5, 0.6) is 0 Å². The number of alkyl halides is 3. The Labute approximate surface area is 121 Å². The van der Waals surface area contributed by atoms with Gasteiger partial charge in [-0.25, -0.2) is 13.4 Å². The molecule has 1 aromatic rings. The van der Waals surface area contributed by atoms with Gasteiger partial charge in [0, 0.05) is 32.4 Å². The summed E-state index contributed by atoms with van der Waals surface area (Å²) in [5, 5.41) is 0. The molecule has 0 unspecified atom stereocenters. The van der Waals surface area contributed by atoms with Gasteiger partial charge >= 0.3 is 6.18 Å². The van der Waals surface area contributed by atoms with Crippen molar-refractivity contribution >= 4 is 15.8 Å². The normalized spacial score (nSPS) is 18.0. The first-order valence-electron chi connectivity index (χ1n) is 6.50. The zero-order valence-electron chi connectivity index (χ0n) is 11.5. The van der Waals surface area contributed by atoms with Crippen LogP contribution in [0.1, 0.15) is 12.5 Å². The minimum Gasteiger partial charge on any atom is -0.354 e. The maximum atomic E-state index is 12.7. The molecule has 0 N–H and O–H groups in total. The lowest BCUT2D eigenvalue weighted by molar-refractivity contribution is -0.137. The van der Waals surface area contributed by atoms with Crippen molar-refractivity contribution in [1.82, 2.24) is 9.29 Å². The van der Waals surface area contributed by atoms with Crippen LogP contribution in [0.25, 0.3) is 0 Å². The maximum absolute atomic E-state index is 12.7. The number of hydrogen-bond acceptors (Lipinski definition) is 4. The van der Waals surface area contributed by atoms with Gasteiger partial charge in [-0.3, -0.25) is 0 Å². The Morgan fingerprint density at radius 3 is 2.38 bits per heavy atom. The molecule has 21 heavy (non-hydrogen) atoms. The van der Waals surface area contributed by atoms with Gasteiger partial charge in [0.1, 0.15) is 5.82 Å². The summed E-state index contributed by atoms with van der Waals surface area (Å²) in [6, 6.07) is 1.91. The second kappa shape index (κ2) is 5.80. The third-order valence-corrected chi connectivity index (χ3v) is 5.28. The topological polar surface area (TPSA) is 53.5 Å². The Morgan fingerprint density at radius 1 is 1.24 bits per heavy atom. The van der Waals surface area contributed by atoms with Crippen molar-refractivity contribution in [3.05, 3.63) is 23.9 Å². The first kappa shape index (κ1) is 16.0. The summed E-state index contributed by atoms with van der Waals surface area (Å²) in [5.74, 6) is 0.243. The molecule has 1 aliphatic rings. The van der Waals surface area contributed by atoms with Gasteiger partial charge < -0.3 is 4.90 Å². The van der Waals surface area contributed by atoms with E-state index in [-0.39, 0.29) is 24.7 Å². The molecule has 1 saturated heterocycles. The lowest BCUT2D eigenvalue weighted by atomic mass is 10.2.